The standard InChI is InChI=1S/C14H16N4O/c19-13-8-12(10-3-6-15-7-4-10)17-14(18-13)11-2-1-5-16-9-11/h3-4,6-8,11,16H,1-2,5,9H2,(H,17,18,19). The van der Waals surface area contributed by atoms with Gasteiger partial charge in [0.2, 0.25) is 0 Å². The van der Waals surface area contributed by atoms with Gasteiger partial charge in [0.1, 0.15) is 5.82 Å². The Kier molecular flexibility index (Phi) is 3.37. The molecule has 1 saturated heterocycles. The quantitative estimate of drug-likeness (QED) is 0.849. The number of hydrogen-bond donors (Lipinski definition) is 2. The van der Waals surface area contributed by atoms with E-state index in [4.69, 9.17) is 0 Å². The molecule has 1 aliphatic heterocycles. The van der Waals surface area contributed by atoms with E-state index < -0.39 is 0 Å². The third kappa shape index (κ3) is 2.71. The minimum atomic E-state index is -0.0950. The lowest BCUT2D eigenvalue weighted by Crippen LogP contribution is -2.30. The summed E-state index contributed by atoms with van der Waals surface area (Å²) in [5.41, 5.74) is 1.54. The van der Waals surface area contributed by atoms with Gasteiger partial charge in [-0.1, -0.05) is 0 Å². The molecule has 3 rings (SSSR count). The van der Waals surface area contributed by atoms with Crippen LogP contribution in [0.2, 0.25) is 0 Å². The first-order valence-electron chi connectivity index (χ1n) is 6.55. The van der Waals surface area contributed by atoms with Gasteiger partial charge in [-0.2, -0.15) is 0 Å². The van der Waals surface area contributed by atoms with Gasteiger partial charge < -0.3 is 10.3 Å². The molecule has 0 spiro atoms. The van der Waals surface area contributed by atoms with E-state index in [0.717, 1.165) is 37.3 Å². The fourth-order valence-corrected chi connectivity index (χ4v) is 2.43. The molecule has 1 atom stereocenters. The Bertz CT molecular complexity index is 602. The Balaban J connectivity index is 1.98. The average Bonchev–Trinajstić information content (AvgIpc) is 2.48. The van der Waals surface area contributed by atoms with E-state index in [-0.39, 0.29) is 5.56 Å². The number of aromatic amines is 1. The van der Waals surface area contributed by atoms with Crippen LogP contribution in [0, 0.1) is 0 Å². The van der Waals surface area contributed by atoms with Gasteiger partial charge in [-0.3, -0.25) is 9.78 Å². The van der Waals surface area contributed by atoms with E-state index in [1.165, 1.54) is 6.07 Å². The van der Waals surface area contributed by atoms with Crippen LogP contribution in [-0.2, 0) is 0 Å². The summed E-state index contributed by atoms with van der Waals surface area (Å²) in [5.74, 6) is 1.08. The molecule has 5 nitrogen and oxygen atoms in total. The second-order valence-corrected chi connectivity index (χ2v) is 4.80. The molecule has 0 bridgehead atoms. The van der Waals surface area contributed by atoms with Crippen LogP contribution in [0.5, 0.6) is 0 Å². The summed E-state index contributed by atoms with van der Waals surface area (Å²) in [4.78, 5) is 23.2. The van der Waals surface area contributed by atoms with Crippen molar-refractivity contribution in [2.75, 3.05) is 13.1 Å². The van der Waals surface area contributed by atoms with Gasteiger partial charge in [0.25, 0.3) is 5.56 Å². The molecule has 2 N–H and O–H groups in total. The maximum absolute atomic E-state index is 11.8. The van der Waals surface area contributed by atoms with Crippen molar-refractivity contribution in [3.05, 3.63) is 46.8 Å². The molecule has 3 heterocycles. The Morgan fingerprint density at radius 1 is 1.26 bits per heavy atom. The number of piperidine rings is 1. The van der Waals surface area contributed by atoms with Crippen LogP contribution in [0.1, 0.15) is 24.6 Å². The summed E-state index contributed by atoms with van der Waals surface area (Å²) in [5, 5.41) is 3.34. The average molecular weight is 256 g/mol. The minimum absolute atomic E-state index is 0.0950. The molecule has 1 aliphatic rings. The van der Waals surface area contributed by atoms with Crippen molar-refractivity contribution in [3.8, 4) is 11.3 Å². The topological polar surface area (TPSA) is 70.7 Å². The van der Waals surface area contributed by atoms with Crippen molar-refractivity contribution in [2.45, 2.75) is 18.8 Å². The minimum Gasteiger partial charge on any atom is -0.316 e. The summed E-state index contributed by atoms with van der Waals surface area (Å²) < 4.78 is 0. The van der Waals surface area contributed by atoms with Crippen molar-refractivity contribution in [1.82, 2.24) is 20.3 Å². The first-order valence-corrected chi connectivity index (χ1v) is 6.55. The van der Waals surface area contributed by atoms with Gasteiger partial charge >= 0.3 is 0 Å². The highest BCUT2D eigenvalue weighted by Crippen LogP contribution is 2.21. The number of nitrogens with zero attached hydrogens (tertiary/aromatic N) is 2. The lowest BCUT2D eigenvalue weighted by atomic mass is 9.98. The molecule has 5 heteroatoms. The van der Waals surface area contributed by atoms with Gasteiger partial charge in [0.15, 0.2) is 0 Å². The van der Waals surface area contributed by atoms with E-state index in [2.05, 4.69) is 20.3 Å². The zero-order chi connectivity index (χ0) is 13.1. The molecule has 2 aromatic heterocycles. The maximum Gasteiger partial charge on any atom is 0.251 e. The predicted octanol–water partition coefficient (Wildman–Crippen LogP) is 1.30. The maximum atomic E-state index is 11.8. The van der Waals surface area contributed by atoms with Crippen molar-refractivity contribution >= 4 is 0 Å². The molecule has 0 radical (unpaired) electrons. The van der Waals surface area contributed by atoms with Gasteiger partial charge in [-0.25, -0.2) is 4.98 Å². The van der Waals surface area contributed by atoms with Crippen LogP contribution in [0.25, 0.3) is 11.3 Å². The number of nitrogens with one attached hydrogen (secondary N) is 2. The van der Waals surface area contributed by atoms with Gasteiger partial charge in [0.05, 0.1) is 5.69 Å². The number of hydrogen-bond acceptors (Lipinski definition) is 4. The van der Waals surface area contributed by atoms with E-state index in [0.29, 0.717) is 11.6 Å². The largest absolute Gasteiger partial charge is 0.316 e. The highest BCUT2D eigenvalue weighted by Gasteiger charge is 2.18. The third-order valence-corrected chi connectivity index (χ3v) is 3.42. The molecule has 0 saturated carbocycles. The summed E-state index contributed by atoms with van der Waals surface area (Å²) >= 11 is 0. The van der Waals surface area contributed by atoms with Crippen molar-refractivity contribution in [1.29, 1.82) is 0 Å². The second kappa shape index (κ2) is 5.32. The Hall–Kier alpha value is -2.01. The molecule has 98 valence electrons. The number of H-pyrrole nitrogens is 1. The molecule has 0 amide bonds. The first-order chi connectivity index (χ1) is 9.33. The number of aromatic nitrogens is 3. The summed E-state index contributed by atoms with van der Waals surface area (Å²) in [6, 6.07) is 5.27. The summed E-state index contributed by atoms with van der Waals surface area (Å²) in [6.45, 7) is 1.92. The van der Waals surface area contributed by atoms with Crippen molar-refractivity contribution in [3.63, 3.8) is 0 Å². The third-order valence-electron chi connectivity index (χ3n) is 3.42. The lowest BCUT2D eigenvalue weighted by Gasteiger charge is -2.22. The van der Waals surface area contributed by atoms with E-state index in [9.17, 15) is 4.79 Å². The fourth-order valence-electron chi connectivity index (χ4n) is 2.43. The Morgan fingerprint density at radius 2 is 2.11 bits per heavy atom. The van der Waals surface area contributed by atoms with Crippen LogP contribution in [-0.4, -0.2) is 28.0 Å². The highest BCUT2D eigenvalue weighted by atomic mass is 16.1. The highest BCUT2D eigenvalue weighted by molar-refractivity contribution is 5.57. The molecular formula is C14H16N4O. The molecule has 2 aromatic rings. The van der Waals surface area contributed by atoms with Crippen LogP contribution in [0.3, 0.4) is 0 Å². The molecule has 1 fully saturated rings. The monoisotopic (exact) mass is 256 g/mol. The second-order valence-electron chi connectivity index (χ2n) is 4.80. The Labute approximate surface area is 111 Å². The molecule has 1 unspecified atom stereocenters. The van der Waals surface area contributed by atoms with Crippen LogP contribution < -0.4 is 10.9 Å². The summed E-state index contributed by atoms with van der Waals surface area (Å²) in [7, 11) is 0. The van der Waals surface area contributed by atoms with Crippen LogP contribution >= 0.6 is 0 Å². The normalized spacial score (nSPS) is 19.3. The van der Waals surface area contributed by atoms with E-state index in [1.807, 2.05) is 12.1 Å². The van der Waals surface area contributed by atoms with Crippen molar-refractivity contribution < 1.29 is 0 Å². The van der Waals surface area contributed by atoms with Gasteiger partial charge in [-0.15, -0.1) is 0 Å². The van der Waals surface area contributed by atoms with Gasteiger partial charge in [0, 0.05) is 36.5 Å². The molecule has 19 heavy (non-hydrogen) atoms. The van der Waals surface area contributed by atoms with E-state index in [1.54, 1.807) is 12.4 Å². The lowest BCUT2D eigenvalue weighted by molar-refractivity contribution is 0.446. The predicted molar refractivity (Wildman–Crippen MR) is 72.9 cm³/mol. The molecule has 0 aromatic carbocycles. The summed E-state index contributed by atoms with van der Waals surface area (Å²) in [6.07, 6.45) is 5.60. The smallest absolute Gasteiger partial charge is 0.251 e. The van der Waals surface area contributed by atoms with Crippen LogP contribution in [0.15, 0.2) is 35.4 Å². The Morgan fingerprint density at radius 3 is 2.84 bits per heavy atom. The fraction of sp³-hybridized carbons (Fsp3) is 0.357. The number of rotatable bonds is 2. The zero-order valence-corrected chi connectivity index (χ0v) is 10.6. The number of pyridine rings is 1. The zero-order valence-electron chi connectivity index (χ0n) is 10.6. The van der Waals surface area contributed by atoms with Gasteiger partial charge in [-0.05, 0) is 31.5 Å². The first kappa shape index (κ1) is 12.0. The van der Waals surface area contributed by atoms with Crippen LogP contribution in [0.4, 0.5) is 0 Å². The van der Waals surface area contributed by atoms with Crippen molar-refractivity contribution in [2.24, 2.45) is 0 Å². The van der Waals surface area contributed by atoms with E-state index >= 15 is 0 Å². The molecular weight excluding hydrogens is 240 g/mol. The molecule has 0 aliphatic carbocycles. The SMILES string of the molecule is O=c1cc(-c2ccncc2)nc(C2CCCNC2)[nH]1.